The van der Waals surface area contributed by atoms with E-state index in [4.69, 9.17) is 8.37 Å². The second kappa shape index (κ2) is 16.8. The lowest BCUT2D eigenvalue weighted by Gasteiger charge is -2.30. The van der Waals surface area contributed by atoms with Gasteiger partial charge in [0, 0.05) is 72.5 Å². The predicted molar refractivity (Wildman–Crippen MR) is 212 cm³/mol. The number of rotatable bonds is 11. The zero-order valence-electron chi connectivity index (χ0n) is 32.1. The fraction of sp³-hybridized carbons (Fsp3) is 0.538. The molecule has 4 heterocycles. The van der Waals surface area contributed by atoms with Crippen LogP contribution in [-0.2, 0) is 27.9 Å². The highest BCUT2D eigenvalue weighted by molar-refractivity contribution is 7.82. The van der Waals surface area contributed by atoms with Crippen molar-refractivity contribution >= 4 is 45.7 Å². The highest BCUT2D eigenvalue weighted by Gasteiger charge is 2.33. The number of piperidine rings is 2. The molecule has 3 aliphatic rings. The summed E-state index contributed by atoms with van der Waals surface area (Å²) in [5, 5.41) is 12.4. The molecule has 16 heteroatoms. The number of nitrogens with zero attached hydrogens (tertiary/aromatic N) is 5. The van der Waals surface area contributed by atoms with Crippen molar-refractivity contribution in [2.24, 2.45) is 0 Å². The number of hydrogen-bond donors (Lipinski definition) is 3. The number of nitrogens with one attached hydrogen (secondary N) is 3. The molecule has 7 rings (SSSR count). The first-order valence-electron chi connectivity index (χ1n) is 19.4. The number of anilines is 1. The van der Waals surface area contributed by atoms with E-state index in [1.807, 2.05) is 17.5 Å². The number of aromatic amines is 1. The highest BCUT2D eigenvalue weighted by Crippen LogP contribution is 2.34. The van der Waals surface area contributed by atoms with Gasteiger partial charge in [-0.15, -0.1) is 10.2 Å². The summed E-state index contributed by atoms with van der Waals surface area (Å²) in [5.74, 6) is 0.907. The Bertz CT molecular complexity index is 2020. The molecule has 0 bridgehead atoms. The third-order valence-corrected chi connectivity index (χ3v) is 12.4. The molecule has 3 fully saturated rings. The fourth-order valence-electron chi connectivity index (χ4n) is 7.64. The Morgan fingerprint density at radius 1 is 0.782 bits per heavy atom. The third-order valence-electron chi connectivity index (χ3n) is 10.8. The molecule has 0 spiro atoms. The Morgan fingerprint density at radius 2 is 1.42 bits per heavy atom. The Labute approximate surface area is 327 Å². The first-order valence-corrected chi connectivity index (χ1v) is 21.6. The van der Waals surface area contributed by atoms with Crippen molar-refractivity contribution in [3.05, 3.63) is 70.7 Å². The Morgan fingerprint density at radius 3 is 2.05 bits per heavy atom. The van der Waals surface area contributed by atoms with Crippen LogP contribution in [0.25, 0.3) is 5.65 Å². The highest BCUT2D eigenvalue weighted by atomic mass is 32.2. The van der Waals surface area contributed by atoms with Gasteiger partial charge < -0.3 is 18.2 Å². The van der Waals surface area contributed by atoms with E-state index in [2.05, 4.69) is 45.5 Å². The van der Waals surface area contributed by atoms with Crippen LogP contribution < -0.4 is 17.8 Å². The molecule has 4 atom stereocenters. The van der Waals surface area contributed by atoms with Crippen molar-refractivity contribution in [2.75, 3.05) is 30.9 Å². The molecule has 1 saturated carbocycles. The van der Waals surface area contributed by atoms with Crippen LogP contribution in [0.1, 0.15) is 129 Å². The van der Waals surface area contributed by atoms with Crippen LogP contribution in [-0.4, -0.2) is 82.1 Å². The average Bonchev–Trinajstić information content (AvgIpc) is 3.79. The van der Waals surface area contributed by atoms with Crippen molar-refractivity contribution < 1.29 is 26.4 Å². The molecule has 4 unspecified atom stereocenters. The minimum atomic E-state index is -2.11. The van der Waals surface area contributed by atoms with Crippen molar-refractivity contribution in [3.63, 3.8) is 0 Å². The molecular weight excluding hydrogens is 741 g/mol. The van der Waals surface area contributed by atoms with E-state index in [9.17, 15) is 18.0 Å². The summed E-state index contributed by atoms with van der Waals surface area (Å²) in [5.41, 5.74) is 3.54. The quantitative estimate of drug-likeness (QED) is 0.160. The molecule has 2 saturated heterocycles. The first kappa shape index (κ1) is 39.0. The largest absolute Gasteiger partial charge is 0.389 e. The Kier molecular flexibility index (Phi) is 11.9. The zero-order valence-corrected chi connectivity index (χ0v) is 33.7. The molecule has 1 aliphatic carbocycles. The minimum absolute atomic E-state index is 0.0271. The fourth-order valence-corrected chi connectivity index (χ4v) is 9.20. The first-order chi connectivity index (χ1) is 26.4. The monoisotopic (exact) mass is 792 g/mol. The molecule has 2 aromatic heterocycles. The second-order valence-corrected chi connectivity index (χ2v) is 17.7. The average molecular weight is 793 g/mol. The van der Waals surface area contributed by atoms with E-state index in [1.165, 1.54) is 0 Å². The van der Waals surface area contributed by atoms with E-state index in [1.54, 1.807) is 46.2 Å². The molecule has 55 heavy (non-hydrogen) atoms. The number of fused-ring (bicyclic) bond motifs is 1. The SMILES string of the molecule is Cc1ccc(NS(=O)Oc2cc(C(=O)N3CCCCC3)cc(C(=O)N3CCCCC3)c2)cc1OS(=O)NC1CCCCC1c1nnc2cc(C(C)(C)C)[nH]n12. The molecule has 3 N–H and O–H groups in total. The molecule has 14 nitrogen and oxygen atoms in total. The summed E-state index contributed by atoms with van der Waals surface area (Å²) >= 11 is -4.01. The van der Waals surface area contributed by atoms with Gasteiger partial charge in [-0.05, 0) is 88.1 Å². The van der Waals surface area contributed by atoms with Gasteiger partial charge in [-0.3, -0.25) is 19.4 Å². The van der Waals surface area contributed by atoms with Gasteiger partial charge in [0.15, 0.2) is 11.5 Å². The van der Waals surface area contributed by atoms with Crippen molar-refractivity contribution in [1.29, 1.82) is 0 Å². The summed E-state index contributed by atoms with van der Waals surface area (Å²) < 4.78 is 46.6. The smallest absolute Gasteiger partial charge is 0.316 e. The molecule has 2 aliphatic heterocycles. The summed E-state index contributed by atoms with van der Waals surface area (Å²) in [6, 6.07) is 11.7. The van der Waals surface area contributed by atoms with Gasteiger partial charge in [-0.25, -0.2) is 9.24 Å². The summed E-state index contributed by atoms with van der Waals surface area (Å²) in [4.78, 5) is 30.7. The van der Waals surface area contributed by atoms with Crippen LogP contribution in [0.3, 0.4) is 0 Å². The number of hydrogen-bond acceptors (Lipinski definition) is 8. The van der Waals surface area contributed by atoms with Crippen LogP contribution in [0.5, 0.6) is 11.5 Å². The van der Waals surface area contributed by atoms with Gasteiger partial charge in [-0.2, -0.15) is 8.42 Å². The van der Waals surface area contributed by atoms with E-state index >= 15 is 0 Å². The number of aromatic nitrogens is 4. The molecule has 2 aromatic carbocycles. The van der Waals surface area contributed by atoms with E-state index < -0.39 is 22.5 Å². The Balaban J connectivity index is 1.03. The Hall–Kier alpha value is -4.28. The predicted octanol–water partition coefficient (Wildman–Crippen LogP) is 6.26. The van der Waals surface area contributed by atoms with Gasteiger partial charge in [-0.1, -0.05) is 39.7 Å². The lowest BCUT2D eigenvalue weighted by Crippen LogP contribution is -2.40. The van der Waals surface area contributed by atoms with Gasteiger partial charge in [0.05, 0.1) is 5.69 Å². The van der Waals surface area contributed by atoms with Crippen LogP contribution >= 0.6 is 0 Å². The molecule has 296 valence electrons. The minimum Gasteiger partial charge on any atom is -0.389 e. The van der Waals surface area contributed by atoms with Gasteiger partial charge >= 0.3 is 11.3 Å². The number of amides is 2. The van der Waals surface area contributed by atoms with E-state index in [0.29, 0.717) is 48.7 Å². The summed E-state index contributed by atoms with van der Waals surface area (Å²) in [6.45, 7) is 10.9. The number of likely N-dealkylation sites (tertiary alicyclic amines) is 2. The molecule has 4 aromatic rings. The molecular formula is C39H52N8O6S2. The maximum absolute atomic E-state index is 13.5. The zero-order chi connectivity index (χ0) is 38.7. The summed E-state index contributed by atoms with van der Waals surface area (Å²) in [7, 11) is 0. The standard InChI is InChI=1S/C39H52N8O6S2/c1-26-15-16-29(24-33(26)53-55(51)44-32-14-8-7-13-31(32)36-41-40-35-25-34(39(2,3)4)42-47(35)36)43-54(50)52-30-22-27(37(48)45-17-9-5-10-18-45)21-28(23-30)38(49)46-19-11-6-12-20-46/h15-16,21-25,31-32,42-44H,5-14,17-20H2,1-4H3. The van der Waals surface area contributed by atoms with Crippen molar-refractivity contribution in [2.45, 2.75) is 109 Å². The lowest BCUT2D eigenvalue weighted by molar-refractivity contribution is 0.0722. The third kappa shape index (κ3) is 9.24. The van der Waals surface area contributed by atoms with Crippen LogP contribution in [0.2, 0.25) is 0 Å². The molecule has 2 amide bonds. The topological polar surface area (TPSA) is 163 Å². The van der Waals surface area contributed by atoms with Gasteiger partial charge in [0.1, 0.15) is 11.5 Å². The summed E-state index contributed by atoms with van der Waals surface area (Å²) in [6.07, 6.45) is 9.57. The number of benzene rings is 2. The number of aryl methyl sites for hydroxylation is 1. The van der Waals surface area contributed by atoms with Crippen LogP contribution in [0.4, 0.5) is 5.69 Å². The van der Waals surface area contributed by atoms with Crippen molar-refractivity contribution in [1.82, 2.24) is 34.3 Å². The van der Waals surface area contributed by atoms with Gasteiger partial charge in [0.25, 0.3) is 23.1 Å². The van der Waals surface area contributed by atoms with Gasteiger partial charge in [0.2, 0.25) is 0 Å². The van der Waals surface area contributed by atoms with E-state index in [0.717, 1.165) is 86.9 Å². The lowest BCUT2D eigenvalue weighted by atomic mass is 9.84. The maximum Gasteiger partial charge on any atom is 0.316 e. The maximum atomic E-state index is 13.5. The van der Waals surface area contributed by atoms with Crippen LogP contribution in [0.15, 0.2) is 42.5 Å². The van der Waals surface area contributed by atoms with E-state index in [-0.39, 0.29) is 34.9 Å². The normalized spacial score (nSPS) is 20.6. The van der Waals surface area contributed by atoms with Crippen molar-refractivity contribution in [3.8, 4) is 11.5 Å². The number of carbonyl (C=O) groups is 2. The second-order valence-electron chi connectivity index (χ2n) is 16.0. The molecule has 0 radical (unpaired) electrons. The number of H-pyrrole nitrogens is 1. The van der Waals surface area contributed by atoms with Crippen LogP contribution in [0, 0.1) is 6.92 Å². The number of carbonyl (C=O) groups excluding carboxylic acids is 2.